The van der Waals surface area contributed by atoms with Gasteiger partial charge in [0.15, 0.2) is 18.9 Å². The number of hydrogen-bond donors (Lipinski definition) is 1. The lowest BCUT2D eigenvalue weighted by Gasteiger charge is -1.97. The lowest BCUT2D eigenvalue weighted by molar-refractivity contribution is -0.689. The van der Waals surface area contributed by atoms with Crippen LogP contribution in [0.1, 0.15) is 16.1 Å². The molecule has 2 rings (SSSR count). The molecule has 2 heterocycles. The fourth-order valence-electron chi connectivity index (χ4n) is 1.44. The second-order valence-corrected chi connectivity index (χ2v) is 3.45. The Kier molecular flexibility index (Phi) is 4.78. The molecule has 0 saturated carbocycles. The molecule has 88 valence electrons. The van der Waals surface area contributed by atoms with Gasteiger partial charge in [0.25, 0.3) is 5.91 Å². The summed E-state index contributed by atoms with van der Waals surface area (Å²) >= 11 is 0. The maximum Gasteiger partial charge on any atom is 0.254 e. The number of halogens is 1. The third-order valence-corrected chi connectivity index (χ3v) is 2.21. The number of hydrogen-bond acceptors (Lipinski definition) is 2. The Bertz CT molecular complexity index is 502. The van der Waals surface area contributed by atoms with Gasteiger partial charge in [0.05, 0.1) is 0 Å². The van der Waals surface area contributed by atoms with Crippen molar-refractivity contribution in [3.05, 3.63) is 60.2 Å². The van der Waals surface area contributed by atoms with Gasteiger partial charge in [-0.05, 0) is 18.2 Å². The van der Waals surface area contributed by atoms with Gasteiger partial charge in [-0.2, -0.15) is 4.57 Å². The maximum absolute atomic E-state index is 11.0. The molecule has 2 aromatic heterocycles. The standard InChI is InChI=1S/C12H11N3O.BrH/c13-12(16)10-4-3-7-15(8-10)9-11-5-1-2-6-14-11;/h1-8H,9H2,(H-,13,16);1H. The van der Waals surface area contributed by atoms with Crippen LogP contribution in [0, 0.1) is 0 Å². The van der Waals surface area contributed by atoms with Crippen LogP contribution >= 0.6 is 0 Å². The Hall–Kier alpha value is -1.75. The van der Waals surface area contributed by atoms with Gasteiger partial charge in [0, 0.05) is 12.3 Å². The minimum atomic E-state index is -0.421. The van der Waals surface area contributed by atoms with Crippen LogP contribution < -0.4 is 27.3 Å². The first-order chi connectivity index (χ1) is 7.75. The minimum absolute atomic E-state index is 0. The summed E-state index contributed by atoms with van der Waals surface area (Å²) in [6.07, 6.45) is 5.34. The summed E-state index contributed by atoms with van der Waals surface area (Å²) in [6, 6.07) is 9.22. The molecule has 0 aliphatic heterocycles. The molecule has 0 aliphatic carbocycles. The summed E-state index contributed by atoms with van der Waals surface area (Å²) in [4.78, 5) is 15.2. The average molecular weight is 294 g/mol. The average Bonchev–Trinajstić information content (AvgIpc) is 2.30. The third-order valence-electron chi connectivity index (χ3n) is 2.21. The number of primary amides is 1. The monoisotopic (exact) mass is 293 g/mol. The third kappa shape index (κ3) is 3.64. The number of rotatable bonds is 3. The summed E-state index contributed by atoms with van der Waals surface area (Å²) in [5.74, 6) is -0.421. The number of amides is 1. The molecule has 0 atom stereocenters. The normalized spacial score (nSPS) is 9.41. The molecule has 0 aromatic carbocycles. The molecule has 1 amide bonds. The zero-order valence-electron chi connectivity index (χ0n) is 9.08. The number of carbonyl (C=O) groups excluding carboxylic acids is 1. The summed E-state index contributed by atoms with van der Waals surface area (Å²) in [6.45, 7) is 0.627. The molecule has 0 radical (unpaired) electrons. The second-order valence-electron chi connectivity index (χ2n) is 3.45. The number of aromatic nitrogens is 2. The molecule has 0 unspecified atom stereocenters. The van der Waals surface area contributed by atoms with Crippen molar-refractivity contribution >= 4 is 5.91 Å². The Morgan fingerprint density at radius 1 is 1.29 bits per heavy atom. The maximum atomic E-state index is 11.0. The van der Waals surface area contributed by atoms with Crippen molar-refractivity contribution in [1.29, 1.82) is 0 Å². The van der Waals surface area contributed by atoms with E-state index in [4.69, 9.17) is 5.73 Å². The molecule has 2 aromatic rings. The van der Waals surface area contributed by atoms with E-state index in [-0.39, 0.29) is 17.0 Å². The zero-order chi connectivity index (χ0) is 11.4. The van der Waals surface area contributed by atoms with E-state index in [0.717, 1.165) is 5.69 Å². The van der Waals surface area contributed by atoms with Crippen molar-refractivity contribution in [3.63, 3.8) is 0 Å². The van der Waals surface area contributed by atoms with Gasteiger partial charge in [-0.3, -0.25) is 9.78 Å². The fraction of sp³-hybridized carbons (Fsp3) is 0.0833. The Morgan fingerprint density at radius 2 is 2.12 bits per heavy atom. The van der Waals surface area contributed by atoms with Gasteiger partial charge >= 0.3 is 0 Å². The van der Waals surface area contributed by atoms with Gasteiger partial charge in [0.1, 0.15) is 11.3 Å². The predicted octanol–water partition coefficient (Wildman–Crippen LogP) is -2.48. The largest absolute Gasteiger partial charge is 1.00 e. The molecule has 0 bridgehead atoms. The van der Waals surface area contributed by atoms with E-state index in [1.54, 1.807) is 24.5 Å². The Balaban J connectivity index is 0.00000144. The highest BCUT2D eigenvalue weighted by atomic mass is 79.9. The molecular formula is C12H12BrN3O. The van der Waals surface area contributed by atoms with Crippen molar-refractivity contribution in [1.82, 2.24) is 4.98 Å². The van der Waals surface area contributed by atoms with Crippen molar-refractivity contribution in [2.24, 2.45) is 5.73 Å². The van der Waals surface area contributed by atoms with E-state index < -0.39 is 5.91 Å². The van der Waals surface area contributed by atoms with Crippen molar-refractivity contribution in [3.8, 4) is 0 Å². The fourth-order valence-corrected chi connectivity index (χ4v) is 1.44. The van der Waals surface area contributed by atoms with E-state index in [1.165, 1.54) is 0 Å². The number of nitrogens with two attached hydrogens (primary N) is 1. The van der Waals surface area contributed by atoms with Crippen LogP contribution in [0.25, 0.3) is 0 Å². The van der Waals surface area contributed by atoms with Gasteiger partial charge in [-0.25, -0.2) is 0 Å². The molecular weight excluding hydrogens is 282 g/mol. The Labute approximate surface area is 110 Å². The first-order valence-corrected chi connectivity index (χ1v) is 4.94. The highest BCUT2D eigenvalue weighted by molar-refractivity contribution is 5.92. The lowest BCUT2D eigenvalue weighted by Crippen LogP contribution is -3.00. The summed E-state index contributed by atoms with van der Waals surface area (Å²) in [7, 11) is 0. The van der Waals surface area contributed by atoms with E-state index in [9.17, 15) is 4.79 Å². The Morgan fingerprint density at radius 3 is 2.76 bits per heavy atom. The molecule has 0 aliphatic rings. The molecule has 0 fully saturated rings. The predicted molar refractivity (Wildman–Crippen MR) is 58.5 cm³/mol. The van der Waals surface area contributed by atoms with Crippen molar-refractivity contribution in [2.75, 3.05) is 0 Å². The lowest BCUT2D eigenvalue weighted by atomic mass is 10.2. The van der Waals surface area contributed by atoms with E-state index in [2.05, 4.69) is 4.98 Å². The van der Waals surface area contributed by atoms with Gasteiger partial charge < -0.3 is 22.7 Å². The molecule has 4 nitrogen and oxygen atoms in total. The van der Waals surface area contributed by atoms with Crippen LogP contribution in [0.15, 0.2) is 48.9 Å². The second kappa shape index (κ2) is 6.10. The van der Waals surface area contributed by atoms with Crippen LogP contribution in [0.4, 0.5) is 0 Å². The first kappa shape index (κ1) is 13.3. The quantitative estimate of drug-likeness (QED) is 0.637. The van der Waals surface area contributed by atoms with Crippen LogP contribution in [-0.2, 0) is 6.54 Å². The van der Waals surface area contributed by atoms with E-state index in [0.29, 0.717) is 12.1 Å². The molecule has 0 spiro atoms. The molecule has 0 saturated heterocycles. The van der Waals surface area contributed by atoms with E-state index in [1.807, 2.05) is 29.0 Å². The zero-order valence-corrected chi connectivity index (χ0v) is 10.7. The van der Waals surface area contributed by atoms with E-state index >= 15 is 0 Å². The molecule has 5 heteroatoms. The first-order valence-electron chi connectivity index (χ1n) is 4.94. The summed E-state index contributed by atoms with van der Waals surface area (Å²) in [5, 5.41) is 0. The SMILES string of the molecule is NC(=O)c1ccc[n+](Cc2ccccn2)c1.[Br-]. The van der Waals surface area contributed by atoms with Crippen molar-refractivity contribution in [2.45, 2.75) is 6.54 Å². The van der Waals surface area contributed by atoms with Crippen LogP contribution in [0.3, 0.4) is 0 Å². The summed E-state index contributed by atoms with van der Waals surface area (Å²) in [5.41, 5.74) is 6.65. The topological polar surface area (TPSA) is 59.9 Å². The smallest absolute Gasteiger partial charge is 0.254 e. The number of pyridine rings is 2. The van der Waals surface area contributed by atoms with Crippen molar-refractivity contribution < 1.29 is 26.3 Å². The van der Waals surface area contributed by atoms with Gasteiger partial charge in [0.2, 0.25) is 0 Å². The van der Waals surface area contributed by atoms with Gasteiger partial charge in [-0.15, -0.1) is 0 Å². The minimum Gasteiger partial charge on any atom is -1.00 e. The highest BCUT2D eigenvalue weighted by Gasteiger charge is 2.07. The van der Waals surface area contributed by atoms with Crippen LogP contribution in [0.2, 0.25) is 0 Å². The summed E-state index contributed by atoms with van der Waals surface area (Å²) < 4.78 is 1.88. The number of carbonyl (C=O) groups is 1. The molecule has 2 N–H and O–H groups in total. The molecule has 17 heavy (non-hydrogen) atoms. The number of nitrogens with zero attached hydrogens (tertiary/aromatic N) is 2. The van der Waals surface area contributed by atoms with Gasteiger partial charge in [-0.1, -0.05) is 6.07 Å². The highest BCUT2D eigenvalue weighted by Crippen LogP contribution is 1.95. The van der Waals surface area contributed by atoms with Crippen LogP contribution in [0.5, 0.6) is 0 Å². The van der Waals surface area contributed by atoms with Crippen LogP contribution in [-0.4, -0.2) is 10.9 Å².